The number of rotatable bonds is 1. The standard InChI is InChI=1S/C17H14FNO/c18-12-7-5-11(6-8-12)17-16-14(9-10-20-17)13-3-1-2-4-15(13)19-16/h1-8,17,19H,9-10H2/t17-/m1/s1. The summed E-state index contributed by atoms with van der Waals surface area (Å²) in [5.74, 6) is -0.221. The highest BCUT2D eigenvalue weighted by Crippen LogP contribution is 2.36. The second-order valence-corrected chi connectivity index (χ2v) is 5.12. The first kappa shape index (κ1) is 11.7. The minimum Gasteiger partial charge on any atom is -0.367 e. The summed E-state index contributed by atoms with van der Waals surface area (Å²) in [7, 11) is 0. The van der Waals surface area contributed by atoms with E-state index in [0.717, 1.165) is 23.2 Å². The fourth-order valence-electron chi connectivity index (χ4n) is 2.98. The lowest BCUT2D eigenvalue weighted by atomic mass is 9.98. The molecule has 2 nitrogen and oxygen atoms in total. The van der Waals surface area contributed by atoms with E-state index < -0.39 is 0 Å². The van der Waals surface area contributed by atoms with Gasteiger partial charge in [0.1, 0.15) is 11.9 Å². The van der Waals surface area contributed by atoms with Crippen LogP contribution in [0, 0.1) is 5.82 Å². The summed E-state index contributed by atoms with van der Waals surface area (Å²) in [5.41, 5.74) is 4.54. The fourth-order valence-corrected chi connectivity index (χ4v) is 2.98. The van der Waals surface area contributed by atoms with E-state index in [1.165, 1.54) is 23.1 Å². The van der Waals surface area contributed by atoms with Crippen LogP contribution in [0.1, 0.15) is 22.9 Å². The van der Waals surface area contributed by atoms with Gasteiger partial charge in [-0.15, -0.1) is 0 Å². The van der Waals surface area contributed by atoms with Crippen LogP contribution in [0.2, 0.25) is 0 Å². The summed E-state index contributed by atoms with van der Waals surface area (Å²) in [5, 5.41) is 1.26. The molecule has 2 heterocycles. The van der Waals surface area contributed by atoms with Crippen LogP contribution in [0.4, 0.5) is 4.39 Å². The summed E-state index contributed by atoms with van der Waals surface area (Å²) < 4.78 is 19.0. The number of benzene rings is 2. The van der Waals surface area contributed by atoms with Crippen LogP contribution in [0.3, 0.4) is 0 Å². The predicted molar refractivity (Wildman–Crippen MR) is 76.2 cm³/mol. The van der Waals surface area contributed by atoms with Gasteiger partial charge in [0.15, 0.2) is 0 Å². The maximum atomic E-state index is 13.1. The lowest BCUT2D eigenvalue weighted by Crippen LogP contribution is -2.16. The van der Waals surface area contributed by atoms with Gasteiger partial charge >= 0.3 is 0 Å². The van der Waals surface area contributed by atoms with Gasteiger partial charge in [0.25, 0.3) is 0 Å². The van der Waals surface area contributed by atoms with Gasteiger partial charge in [-0.25, -0.2) is 4.39 Å². The second kappa shape index (κ2) is 4.46. The van der Waals surface area contributed by atoms with Crippen LogP contribution >= 0.6 is 0 Å². The summed E-state index contributed by atoms with van der Waals surface area (Å²) in [6.45, 7) is 0.691. The Morgan fingerprint density at radius 3 is 2.70 bits per heavy atom. The van der Waals surface area contributed by atoms with E-state index in [1.807, 2.05) is 6.07 Å². The third-order valence-electron chi connectivity index (χ3n) is 3.92. The van der Waals surface area contributed by atoms with E-state index >= 15 is 0 Å². The lowest BCUT2D eigenvalue weighted by Gasteiger charge is -2.23. The fraction of sp³-hybridized carbons (Fsp3) is 0.176. The molecule has 0 aliphatic carbocycles. The number of hydrogen-bond donors (Lipinski definition) is 1. The molecule has 3 aromatic rings. The molecule has 0 bridgehead atoms. The summed E-state index contributed by atoms with van der Waals surface area (Å²) >= 11 is 0. The van der Waals surface area contributed by atoms with Crippen molar-refractivity contribution in [1.82, 2.24) is 4.98 Å². The van der Waals surface area contributed by atoms with E-state index in [9.17, 15) is 4.39 Å². The van der Waals surface area contributed by atoms with Crippen LogP contribution in [0.15, 0.2) is 48.5 Å². The summed E-state index contributed by atoms with van der Waals surface area (Å²) in [6.07, 6.45) is 0.781. The molecule has 100 valence electrons. The maximum absolute atomic E-state index is 13.1. The number of nitrogens with one attached hydrogen (secondary N) is 1. The van der Waals surface area contributed by atoms with Crippen molar-refractivity contribution >= 4 is 10.9 Å². The van der Waals surface area contributed by atoms with Gasteiger partial charge in [-0.2, -0.15) is 0 Å². The molecule has 4 rings (SSSR count). The third-order valence-corrected chi connectivity index (χ3v) is 3.92. The molecule has 0 saturated carbocycles. The van der Waals surface area contributed by atoms with Crippen molar-refractivity contribution in [3.63, 3.8) is 0 Å². The van der Waals surface area contributed by atoms with E-state index in [0.29, 0.717) is 6.61 Å². The molecular weight excluding hydrogens is 253 g/mol. The molecule has 0 unspecified atom stereocenters. The van der Waals surface area contributed by atoms with Gasteiger partial charge in [-0.05, 0) is 35.7 Å². The molecule has 2 aromatic carbocycles. The SMILES string of the molecule is Fc1ccc([C@H]2OCCc3c2[nH]c2ccccc32)cc1. The zero-order valence-electron chi connectivity index (χ0n) is 10.9. The number of H-pyrrole nitrogens is 1. The number of ether oxygens (including phenoxy) is 1. The highest BCUT2D eigenvalue weighted by Gasteiger charge is 2.26. The Morgan fingerprint density at radius 2 is 1.85 bits per heavy atom. The molecule has 0 fully saturated rings. The van der Waals surface area contributed by atoms with Crippen LogP contribution in [-0.2, 0) is 11.2 Å². The lowest BCUT2D eigenvalue weighted by molar-refractivity contribution is 0.0677. The average Bonchev–Trinajstić information content (AvgIpc) is 2.87. The smallest absolute Gasteiger partial charge is 0.123 e. The minimum absolute atomic E-state index is 0.133. The monoisotopic (exact) mass is 267 g/mol. The van der Waals surface area contributed by atoms with E-state index in [2.05, 4.69) is 23.2 Å². The Morgan fingerprint density at radius 1 is 1.05 bits per heavy atom. The quantitative estimate of drug-likeness (QED) is 0.709. The molecule has 0 spiro atoms. The number of fused-ring (bicyclic) bond motifs is 3. The van der Waals surface area contributed by atoms with Crippen LogP contribution in [0.25, 0.3) is 10.9 Å². The molecule has 1 aliphatic heterocycles. The zero-order valence-corrected chi connectivity index (χ0v) is 10.9. The Balaban J connectivity index is 1.87. The van der Waals surface area contributed by atoms with Gasteiger partial charge in [-0.3, -0.25) is 0 Å². The highest BCUT2D eigenvalue weighted by molar-refractivity contribution is 5.85. The average molecular weight is 267 g/mol. The molecule has 0 saturated heterocycles. The van der Waals surface area contributed by atoms with Crippen LogP contribution in [-0.4, -0.2) is 11.6 Å². The number of halogens is 1. The predicted octanol–water partition coefficient (Wildman–Crippen LogP) is 3.97. The van der Waals surface area contributed by atoms with Gasteiger partial charge in [0.2, 0.25) is 0 Å². The van der Waals surface area contributed by atoms with Crippen molar-refractivity contribution in [1.29, 1.82) is 0 Å². The first-order valence-electron chi connectivity index (χ1n) is 6.79. The molecule has 1 atom stereocenters. The number of hydrogen-bond acceptors (Lipinski definition) is 1. The van der Waals surface area contributed by atoms with E-state index in [-0.39, 0.29) is 11.9 Å². The maximum Gasteiger partial charge on any atom is 0.123 e. The Labute approximate surface area is 116 Å². The Bertz CT molecular complexity index is 760. The Kier molecular flexibility index (Phi) is 2.60. The number of aromatic nitrogens is 1. The molecule has 1 aromatic heterocycles. The van der Waals surface area contributed by atoms with Crippen molar-refractivity contribution in [2.45, 2.75) is 12.5 Å². The Hall–Kier alpha value is -2.13. The first-order valence-corrected chi connectivity index (χ1v) is 6.79. The van der Waals surface area contributed by atoms with Gasteiger partial charge in [0, 0.05) is 10.9 Å². The molecule has 1 N–H and O–H groups in total. The van der Waals surface area contributed by atoms with E-state index in [4.69, 9.17) is 4.74 Å². The van der Waals surface area contributed by atoms with Crippen molar-refractivity contribution in [2.24, 2.45) is 0 Å². The zero-order chi connectivity index (χ0) is 13.5. The molecule has 0 amide bonds. The van der Waals surface area contributed by atoms with Gasteiger partial charge in [0.05, 0.1) is 12.3 Å². The summed E-state index contributed by atoms with van der Waals surface area (Å²) in [4.78, 5) is 3.46. The number of aromatic amines is 1. The van der Waals surface area contributed by atoms with Crippen molar-refractivity contribution in [2.75, 3.05) is 6.61 Å². The molecule has 0 radical (unpaired) electrons. The van der Waals surface area contributed by atoms with Crippen molar-refractivity contribution < 1.29 is 9.13 Å². The highest BCUT2D eigenvalue weighted by atomic mass is 19.1. The van der Waals surface area contributed by atoms with Crippen molar-refractivity contribution in [3.05, 3.63) is 71.2 Å². The first-order chi connectivity index (χ1) is 9.83. The molecule has 1 aliphatic rings. The molecule has 3 heteroatoms. The topological polar surface area (TPSA) is 25.0 Å². The third kappa shape index (κ3) is 1.74. The second-order valence-electron chi connectivity index (χ2n) is 5.12. The normalized spacial score (nSPS) is 18.1. The van der Waals surface area contributed by atoms with Gasteiger partial charge < -0.3 is 9.72 Å². The van der Waals surface area contributed by atoms with Crippen LogP contribution < -0.4 is 0 Å². The number of para-hydroxylation sites is 1. The van der Waals surface area contributed by atoms with Crippen molar-refractivity contribution in [3.8, 4) is 0 Å². The summed E-state index contributed by atoms with van der Waals surface area (Å²) in [6, 6.07) is 14.8. The minimum atomic E-state index is -0.221. The van der Waals surface area contributed by atoms with Gasteiger partial charge in [-0.1, -0.05) is 30.3 Å². The molecule has 20 heavy (non-hydrogen) atoms. The largest absolute Gasteiger partial charge is 0.367 e. The molecular formula is C17H14FNO. The van der Waals surface area contributed by atoms with Crippen LogP contribution in [0.5, 0.6) is 0 Å². The van der Waals surface area contributed by atoms with E-state index in [1.54, 1.807) is 12.1 Å².